The van der Waals surface area contributed by atoms with E-state index in [-0.39, 0.29) is 54.8 Å². The minimum absolute atomic E-state index is 0.0361. The topological polar surface area (TPSA) is 125 Å². The van der Waals surface area contributed by atoms with Crippen molar-refractivity contribution >= 4 is 23.9 Å². The third-order valence-corrected chi connectivity index (χ3v) is 7.28. The van der Waals surface area contributed by atoms with E-state index in [0.29, 0.717) is 77.0 Å². The van der Waals surface area contributed by atoms with Crippen molar-refractivity contribution in [3.05, 3.63) is 12.7 Å². The molecule has 3 aliphatic rings. The molecule has 0 spiro atoms. The minimum atomic E-state index is -0.785. The first kappa shape index (κ1) is 26.2. The molecule has 1 N–H and O–H groups in total. The largest absolute Gasteiger partial charge is 0.481 e. The number of carboxylic acid groups (broad SMARTS) is 1. The highest BCUT2D eigenvalue weighted by Crippen LogP contribution is 2.33. The Labute approximate surface area is 200 Å². The van der Waals surface area contributed by atoms with Crippen molar-refractivity contribution in [2.75, 3.05) is 6.79 Å². The lowest BCUT2D eigenvalue weighted by Gasteiger charge is -2.32. The number of carbonyl (C=O) groups excluding carboxylic acids is 3. The van der Waals surface area contributed by atoms with E-state index in [4.69, 9.17) is 24.1 Å². The molecule has 0 radical (unpaired) electrons. The normalized spacial score (nSPS) is 31.6. The third kappa shape index (κ3) is 7.82. The fourth-order valence-corrected chi connectivity index (χ4v) is 5.08. The van der Waals surface area contributed by atoms with Gasteiger partial charge in [-0.25, -0.2) is 4.79 Å². The summed E-state index contributed by atoms with van der Waals surface area (Å²) >= 11 is 0. The second-order valence-electron chi connectivity index (χ2n) is 9.58. The van der Waals surface area contributed by atoms with Crippen molar-refractivity contribution < 1.29 is 43.2 Å². The summed E-state index contributed by atoms with van der Waals surface area (Å²) in [4.78, 5) is 47.1. The van der Waals surface area contributed by atoms with E-state index in [1.54, 1.807) is 0 Å². The summed E-state index contributed by atoms with van der Waals surface area (Å²) in [5.74, 6) is -2.41. The number of rotatable bonds is 9. The lowest BCUT2D eigenvalue weighted by molar-refractivity contribution is -0.166. The van der Waals surface area contributed by atoms with Crippen LogP contribution in [0.1, 0.15) is 77.0 Å². The molecule has 9 heteroatoms. The number of carbonyl (C=O) groups is 4. The van der Waals surface area contributed by atoms with Crippen LogP contribution in [0.25, 0.3) is 0 Å². The van der Waals surface area contributed by atoms with Gasteiger partial charge in [-0.05, 0) is 77.0 Å². The number of ether oxygens (including phenoxy) is 4. The molecule has 0 bridgehead atoms. The Morgan fingerprint density at radius 1 is 0.676 bits per heavy atom. The van der Waals surface area contributed by atoms with Gasteiger partial charge in [0.25, 0.3) is 0 Å². The highest BCUT2D eigenvalue weighted by atomic mass is 16.7. The second kappa shape index (κ2) is 12.9. The SMILES string of the molecule is C=CC(=O)OCOC1CCC(C(=O)OC2CCC(OC(=O)C3CCC(C(=O)O)CC3)CC2)CC1. The van der Waals surface area contributed by atoms with Gasteiger partial charge in [0.1, 0.15) is 12.2 Å². The van der Waals surface area contributed by atoms with Gasteiger partial charge in [-0.15, -0.1) is 0 Å². The molecule has 0 aromatic carbocycles. The highest BCUT2D eigenvalue weighted by molar-refractivity contribution is 5.81. The van der Waals surface area contributed by atoms with Gasteiger partial charge in [0.05, 0.1) is 23.9 Å². The zero-order valence-electron chi connectivity index (χ0n) is 19.7. The Morgan fingerprint density at radius 2 is 1.09 bits per heavy atom. The van der Waals surface area contributed by atoms with Crippen LogP contribution < -0.4 is 0 Å². The van der Waals surface area contributed by atoms with E-state index in [2.05, 4.69) is 6.58 Å². The Bertz CT molecular complexity index is 725. The monoisotopic (exact) mass is 480 g/mol. The molecule has 0 aromatic heterocycles. The number of hydrogen-bond donors (Lipinski definition) is 1. The standard InChI is InChI=1S/C25H36O9/c1-2-22(26)32-15-31-19-9-7-18(8-10-19)25(30)34-21-13-11-20(12-14-21)33-24(29)17-5-3-16(4-6-17)23(27)28/h2,16-21H,1,3-15H2,(H,27,28). The first-order valence-corrected chi connectivity index (χ1v) is 12.4. The summed E-state index contributed by atoms with van der Waals surface area (Å²) in [6, 6.07) is 0. The van der Waals surface area contributed by atoms with Crippen LogP contribution in [-0.2, 0) is 38.1 Å². The van der Waals surface area contributed by atoms with E-state index in [0.717, 1.165) is 6.08 Å². The highest BCUT2D eigenvalue weighted by Gasteiger charge is 2.34. The summed E-state index contributed by atoms with van der Waals surface area (Å²) in [6.07, 6.45) is 8.35. The predicted octanol–water partition coefficient (Wildman–Crippen LogP) is 3.54. The molecule has 0 heterocycles. The molecule has 3 fully saturated rings. The smallest absolute Gasteiger partial charge is 0.332 e. The Balaban J connectivity index is 1.29. The predicted molar refractivity (Wildman–Crippen MR) is 119 cm³/mol. The van der Waals surface area contributed by atoms with Crippen LogP contribution in [0.3, 0.4) is 0 Å². The van der Waals surface area contributed by atoms with E-state index in [1.807, 2.05) is 0 Å². The Kier molecular flexibility index (Phi) is 9.92. The molecule has 0 atom stereocenters. The molecule has 3 rings (SSSR count). The lowest BCUT2D eigenvalue weighted by Crippen LogP contribution is -2.35. The summed E-state index contributed by atoms with van der Waals surface area (Å²) in [6.45, 7) is 3.22. The van der Waals surface area contributed by atoms with Crippen LogP contribution >= 0.6 is 0 Å². The van der Waals surface area contributed by atoms with E-state index in [1.165, 1.54) is 0 Å². The van der Waals surface area contributed by atoms with E-state index < -0.39 is 11.9 Å². The van der Waals surface area contributed by atoms with Gasteiger partial charge < -0.3 is 24.1 Å². The van der Waals surface area contributed by atoms with Crippen molar-refractivity contribution in [1.82, 2.24) is 0 Å². The zero-order valence-corrected chi connectivity index (χ0v) is 19.7. The van der Waals surface area contributed by atoms with Crippen LogP contribution in [-0.4, -0.2) is 54.1 Å². The van der Waals surface area contributed by atoms with Gasteiger partial charge in [-0.1, -0.05) is 6.58 Å². The molecule has 0 amide bonds. The van der Waals surface area contributed by atoms with Gasteiger partial charge in [-0.3, -0.25) is 14.4 Å². The summed E-state index contributed by atoms with van der Waals surface area (Å²) in [7, 11) is 0. The number of aliphatic carboxylic acids is 1. The van der Waals surface area contributed by atoms with Crippen LogP contribution in [0, 0.1) is 17.8 Å². The molecule has 190 valence electrons. The first-order valence-electron chi connectivity index (χ1n) is 12.4. The minimum Gasteiger partial charge on any atom is -0.481 e. The van der Waals surface area contributed by atoms with Gasteiger partial charge >= 0.3 is 23.9 Å². The average molecular weight is 481 g/mol. The van der Waals surface area contributed by atoms with Crippen molar-refractivity contribution in [3.8, 4) is 0 Å². The summed E-state index contributed by atoms with van der Waals surface area (Å²) in [5, 5.41) is 9.09. The van der Waals surface area contributed by atoms with Crippen LogP contribution in [0.4, 0.5) is 0 Å². The number of carboxylic acids is 1. The first-order chi connectivity index (χ1) is 16.4. The molecule has 3 saturated carbocycles. The third-order valence-electron chi connectivity index (χ3n) is 7.28. The van der Waals surface area contributed by atoms with Gasteiger partial charge in [0.15, 0.2) is 6.79 Å². The second-order valence-corrected chi connectivity index (χ2v) is 9.58. The molecule has 0 aliphatic heterocycles. The van der Waals surface area contributed by atoms with Crippen LogP contribution in [0.5, 0.6) is 0 Å². The fraction of sp³-hybridized carbons (Fsp3) is 0.760. The number of esters is 3. The molecule has 0 aromatic rings. The summed E-state index contributed by atoms with van der Waals surface area (Å²) in [5.41, 5.74) is 0. The van der Waals surface area contributed by atoms with E-state index in [9.17, 15) is 19.2 Å². The van der Waals surface area contributed by atoms with Gasteiger partial charge in [-0.2, -0.15) is 0 Å². The van der Waals surface area contributed by atoms with Gasteiger partial charge in [0.2, 0.25) is 0 Å². The van der Waals surface area contributed by atoms with Gasteiger partial charge in [0, 0.05) is 6.08 Å². The fourth-order valence-electron chi connectivity index (χ4n) is 5.08. The molecular weight excluding hydrogens is 444 g/mol. The molecule has 0 saturated heterocycles. The molecular formula is C25H36O9. The maximum absolute atomic E-state index is 12.6. The quantitative estimate of drug-likeness (QED) is 0.228. The molecule has 0 unspecified atom stereocenters. The van der Waals surface area contributed by atoms with Crippen molar-refractivity contribution in [2.45, 2.75) is 95.4 Å². The average Bonchev–Trinajstić information content (AvgIpc) is 2.85. The molecule has 9 nitrogen and oxygen atoms in total. The van der Waals surface area contributed by atoms with Crippen molar-refractivity contribution in [3.63, 3.8) is 0 Å². The van der Waals surface area contributed by atoms with Crippen molar-refractivity contribution in [2.24, 2.45) is 17.8 Å². The maximum Gasteiger partial charge on any atom is 0.332 e. The van der Waals surface area contributed by atoms with E-state index >= 15 is 0 Å². The van der Waals surface area contributed by atoms with Crippen LogP contribution in [0.15, 0.2) is 12.7 Å². The molecule has 3 aliphatic carbocycles. The van der Waals surface area contributed by atoms with Crippen molar-refractivity contribution in [1.29, 1.82) is 0 Å². The maximum atomic E-state index is 12.6. The Morgan fingerprint density at radius 3 is 1.53 bits per heavy atom. The lowest BCUT2D eigenvalue weighted by atomic mass is 9.82. The van der Waals surface area contributed by atoms with Crippen LogP contribution in [0.2, 0.25) is 0 Å². The summed E-state index contributed by atoms with van der Waals surface area (Å²) < 4.78 is 21.8. The Hall–Kier alpha value is -2.42. The zero-order chi connectivity index (χ0) is 24.5. The number of hydrogen-bond acceptors (Lipinski definition) is 8. The molecule has 34 heavy (non-hydrogen) atoms.